The lowest BCUT2D eigenvalue weighted by Crippen LogP contribution is -2.48. The zero-order chi connectivity index (χ0) is 27.6. The Balaban J connectivity index is 0.000000877. The lowest BCUT2D eigenvalue weighted by molar-refractivity contribution is -0.695. The molecule has 2 heterocycles. The first-order chi connectivity index (χ1) is 17.5. The van der Waals surface area contributed by atoms with Gasteiger partial charge < -0.3 is 10.2 Å². The van der Waals surface area contributed by atoms with Gasteiger partial charge in [0.2, 0.25) is 10.0 Å². The zero-order valence-electron chi connectivity index (χ0n) is 19.9. The number of anilines is 1. The Labute approximate surface area is 217 Å². The van der Waals surface area contributed by atoms with E-state index in [0.717, 1.165) is 18.2 Å². The van der Waals surface area contributed by atoms with Crippen LogP contribution in [0.2, 0.25) is 5.02 Å². The molecule has 206 valence electrons. The van der Waals surface area contributed by atoms with Gasteiger partial charge in [0.1, 0.15) is 11.6 Å². The summed E-state index contributed by atoms with van der Waals surface area (Å²) in [6.45, 7) is 2.57. The molecule has 0 unspecified atom stereocenters. The third-order valence-corrected chi connectivity index (χ3v) is 7.80. The van der Waals surface area contributed by atoms with Crippen molar-refractivity contribution in [2.45, 2.75) is 32.2 Å². The van der Waals surface area contributed by atoms with Crippen molar-refractivity contribution in [2.75, 3.05) is 31.2 Å². The van der Waals surface area contributed by atoms with Crippen molar-refractivity contribution in [2.24, 2.45) is 0 Å². The van der Waals surface area contributed by atoms with E-state index < -0.39 is 21.7 Å². The molecule has 1 aromatic heterocycles. The van der Waals surface area contributed by atoms with Gasteiger partial charge in [0.05, 0.1) is 28.4 Å². The smallest absolute Gasteiger partial charge is 0.321 e. The van der Waals surface area contributed by atoms with Crippen LogP contribution in [-0.2, 0) is 25.1 Å². The van der Waals surface area contributed by atoms with E-state index in [9.17, 15) is 22.0 Å². The highest BCUT2D eigenvalue weighted by Crippen LogP contribution is 2.29. The first-order valence-corrected chi connectivity index (χ1v) is 12.9. The van der Waals surface area contributed by atoms with Gasteiger partial charge in [-0.25, -0.2) is 36.8 Å². The Hall–Kier alpha value is -2.50. The molecule has 3 N–H and O–H groups in total. The number of urea groups is 1. The van der Waals surface area contributed by atoms with E-state index in [1.54, 1.807) is 7.05 Å². The van der Waals surface area contributed by atoms with Gasteiger partial charge in [-0.15, -0.1) is 0 Å². The van der Waals surface area contributed by atoms with Crippen molar-refractivity contribution >= 4 is 33.3 Å². The fourth-order valence-electron chi connectivity index (χ4n) is 3.70. The van der Waals surface area contributed by atoms with Crippen molar-refractivity contribution in [3.8, 4) is 11.3 Å². The second kappa shape index (κ2) is 14.4. The number of carbonyl (C=O) groups is 1. The molecule has 1 aliphatic heterocycles. The number of benzene rings is 1. The normalized spacial score (nSPS) is 14.6. The molecule has 3 rings (SSSR count). The summed E-state index contributed by atoms with van der Waals surface area (Å²) in [5, 5.41) is 25.3. The molecule has 2 aromatic rings. The molecule has 1 saturated heterocycles. The lowest BCUT2D eigenvalue weighted by Gasteiger charge is -2.36. The summed E-state index contributed by atoms with van der Waals surface area (Å²) in [6.07, 6.45) is 3.00. The van der Waals surface area contributed by atoms with Crippen LogP contribution in [0.15, 0.2) is 30.5 Å². The van der Waals surface area contributed by atoms with E-state index in [2.05, 4.69) is 25.4 Å². The molecule has 0 spiro atoms. The van der Waals surface area contributed by atoms with Gasteiger partial charge in [-0.05, 0) is 52.6 Å². The predicted molar refractivity (Wildman–Crippen MR) is 129 cm³/mol. The number of sulfonamides is 1. The van der Waals surface area contributed by atoms with Crippen LogP contribution >= 0.6 is 11.6 Å². The molecule has 0 aliphatic carbocycles. The number of hydrogen-bond acceptors (Lipinski definition) is 9. The largest absolute Gasteiger partial charge is 0.325 e. The second-order valence-corrected chi connectivity index (χ2v) is 10.4. The van der Waals surface area contributed by atoms with Crippen LogP contribution in [0.5, 0.6) is 0 Å². The quantitative estimate of drug-likeness (QED) is 0.315. The number of hydrogen-bond donors (Lipinski definition) is 3. The number of amides is 2. The molecular formula is C21H27ClF2N4O8S. The summed E-state index contributed by atoms with van der Waals surface area (Å²) in [5.41, 5.74) is 0.708. The molecule has 0 bridgehead atoms. The van der Waals surface area contributed by atoms with E-state index in [1.807, 2.05) is 6.92 Å². The SMILES string of the molecule is CCCS(=O)(=O)N1CCC(N(C)C(=O)Nc2cnc(-c3cc(F)cc(F)c3)c(Cl)c2)CC1.OOOOO. The van der Waals surface area contributed by atoms with Crippen molar-refractivity contribution in [1.29, 1.82) is 0 Å². The summed E-state index contributed by atoms with van der Waals surface area (Å²) in [6, 6.07) is 3.96. The highest BCUT2D eigenvalue weighted by atomic mass is 35.5. The third-order valence-electron chi connectivity index (χ3n) is 5.44. The van der Waals surface area contributed by atoms with Gasteiger partial charge in [-0.3, -0.25) is 4.98 Å². The second-order valence-electron chi connectivity index (χ2n) is 7.92. The highest BCUT2D eigenvalue weighted by molar-refractivity contribution is 7.89. The molecule has 16 heteroatoms. The summed E-state index contributed by atoms with van der Waals surface area (Å²) in [7, 11) is -1.60. The number of nitrogens with zero attached hydrogens (tertiary/aromatic N) is 3. The van der Waals surface area contributed by atoms with Crippen molar-refractivity contribution in [1.82, 2.24) is 14.2 Å². The van der Waals surface area contributed by atoms with Crippen LogP contribution in [0.1, 0.15) is 26.2 Å². The predicted octanol–water partition coefficient (Wildman–Crippen LogP) is 4.16. The summed E-state index contributed by atoms with van der Waals surface area (Å²) in [4.78, 5) is 18.3. The van der Waals surface area contributed by atoms with Gasteiger partial charge in [0, 0.05) is 37.8 Å². The number of halogens is 3. The monoisotopic (exact) mass is 568 g/mol. The van der Waals surface area contributed by atoms with Crippen LogP contribution in [0.25, 0.3) is 11.3 Å². The minimum Gasteiger partial charge on any atom is -0.325 e. The Morgan fingerprint density at radius 3 is 2.27 bits per heavy atom. The van der Waals surface area contributed by atoms with Crippen LogP contribution in [-0.4, -0.2) is 71.1 Å². The maximum atomic E-state index is 13.5. The van der Waals surface area contributed by atoms with Crippen molar-refractivity contribution < 1.29 is 47.6 Å². The molecule has 0 radical (unpaired) electrons. The average Bonchev–Trinajstić information content (AvgIpc) is 2.84. The van der Waals surface area contributed by atoms with Gasteiger partial charge in [0.25, 0.3) is 0 Å². The summed E-state index contributed by atoms with van der Waals surface area (Å²) < 4.78 is 52.9. The van der Waals surface area contributed by atoms with Gasteiger partial charge in [-0.1, -0.05) is 18.5 Å². The van der Waals surface area contributed by atoms with Crippen LogP contribution in [0, 0.1) is 11.6 Å². The van der Waals surface area contributed by atoms with E-state index in [1.165, 1.54) is 21.5 Å². The van der Waals surface area contributed by atoms with Gasteiger partial charge >= 0.3 is 6.03 Å². The number of nitrogens with one attached hydrogen (secondary N) is 1. The topological polar surface area (TPSA) is 151 Å². The fraction of sp³-hybridized carbons (Fsp3) is 0.429. The summed E-state index contributed by atoms with van der Waals surface area (Å²) in [5.74, 6) is -1.36. The number of rotatable bonds is 8. The molecule has 1 aliphatic rings. The first-order valence-electron chi connectivity index (χ1n) is 10.9. The molecule has 37 heavy (non-hydrogen) atoms. The van der Waals surface area contributed by atoms with Crippen LogP contribution < -0.4 is 5.32 Å². The number of piperidine rings is 1. The van der Waals surface area contributed by atoms with Crippen LogP contribution in [0.3, 0.4) is 0 Å². The molecule has 0 atom stereocenters. The Morgan fingerprint density at radius 1 is 1.19 bits per heavy atom. The Kier molecular flexibility index (Phi) is 12.0. The average molecular weight is 569 g/mol. The summed E-state index contributed by atoms with van der Waals surface area (Å²) >= 11 is 6.23. The standard InChI is InChI=1S/C21H25ClF2N4O3S.H2O5/c1-3-8-32(30,31)28-6-4-18(5-7-28)27(2)21(29)26-17-12-19(22)20(25-13-17)14-9-15(23)11-16(24)10-14;1-3-5-4-2/h9-13,18H,3-8H2,1-2H3,(H,26,29);1-2H. The molecule has 12 nitrogen and oxygen atoms in total. The highest BCUT2D eigenvalue weighted by Gasteiger charge is 2.30. The fourth-order valence-corrected chi connectivity index (χ4v) is 5.51. The minimum atomic E-state index is -3.24. The van der Waals surface area contributed by atoms with Crippen molar-refractivity contribution in [3.05, 3.63) is 47.1 Å². The Morgan fingerprint density at radius 2 is 1.78 bits per heavy atom. The molecule has 2 amide bonds. The maximum absolute atomic E-state index is 13.5. The maximum Gasteiger partial charge on any atom is 0.321 e. The van der Waals surface area contributed by atoms with E-state index >= 15 is 0 Å². The van der Waals surface area contributed by atoms with E-state index in [-0.39, 0.29) is 34.1 Å². The third kappa shape index (κ3) is 9.08. The lowest BCUT2D eigenvalue weighted by atomic mass is 10.1. The number of carbonyl (C=O) groups excluding carboxylic acids is 1. The zero-order valence-corrected chi connectivity index (χ0v) is 21.5. The van der Waals surface area contributed by atoms with E-state index in [4.69, 9.17) is 22.1 Å². The number of aromatic nitrogens is 1. The molecule has 1 aromatic carbocycles. The van der Waals surface area contributed by atoms with Crippen molar-refractivity contribution in [3.63, 3.8) is 0 Å². The Bertz CT molecular complexity index is 1130. The van der Waals surface area contributed by atoms with Gasteiger partial charge in [-0.2, -0.15) is 0 Å². The molecule has 1 fully saturated rings. The first kappa shape index (κ1) is 30.7. The number of pyridine rings is 1. The molecule has 0 saturated carbocycles. The van der Waals surface area contributed by atoms with Crippen LogP contribution in [0.4, 0.5) is 19.3 Å². The minimum absolute atomic E-state index is 0.110. The van der Waals surface area contributed by atoms with Gasteiger partial charge in [0.15, 0.2) is 0 Å². The molecular weight excluding hydrogens is 542 g/mol. The van der Waals surface area contributed by atoms with E-state index in [0.29, 0.717) is 38.0 Å².